The zero-order chi connectivity index (χ0) is 28.2. The minimum absolute atomic E-state index is 0. The second-order valence-corrected chi connectivity index (χ2v) is 14.0. The predicted molar refractivity (Wildman–Crippen MR) is 171 cm³/mol. The molecule has 4 heteroatoms. The molecular weight excluding hydrogens is 700 g/mol. The van der Waals surface area contributed by atoms with Gasteiger partial charge in [-0.2, -0.15) is 11.3 Å². The minimum Gasteiger partial charge on any atom is -0.295 e. The van der Waals surface area contributed by atoms with E-state index in [1.165, 1.54) is 26.1 Å². The number of pyridine rings is 2. The molecule has 0 aliphatic rings. The molecule has 3 aromatic carbocycles. The van der Waals surface area contributed by atoms with Gasteiger partial charge in [0.2, 0.25) is 0 Å². The number of thiophene rings is 1. The topological polar surface area (TPSA) is 25.8 Å². The second-order valence-electron chi connectivity index (χ2n) is 12.7. The Morgan fingerprint density at radius 1 is 0.683 bits per heavy atom. The van der Waals surface area contributed by atoms with Crippen LogP contribution in [0.15, 0.2) is 79.1 Å². The van der Waals surface area contributed by atoms with Gasteiger partial charge in [0, 0.05) is 23.8 Å². The summed E-state index contributed by atoms with van der Waals surface area (Å²) in [5.41, 5.74) is 8.76. The van der Waals surface area contributed by atoms with Crippen molar-refractivity contribution in [3.63, 3.8) is 0 Å². The van der Waals surface area contributed by atoms with Crippen molar-refractivity contribution in [3.05, 3.63) is 107 Å². The Hall–Kier alpha value is -3.13. The third kappa shape index (κ3) is 5.81. The number of fused-ring (bicyclic) bond motifs is 2. The predicted octanol–water partition coefficient (Wildman–Crippen LogP) is 10.3. The van der Waals surface area contributed by atoms with Crippen LogP contribution in [-0.4, -0.2) is 9.97 Å². The fraction of sp³-hybridized carbons (Fsp3) is 0.243. The summed E-state index contributed by atoms with van der Waals surface area (Å²) in [5.74, 6) is 0. The first-order valence-corrected chi connectivity index (χ1v) is 14.6. The van der Waals surface area contributed by atoms with Crippen molar-refractivity contribution in [2.45, 2.75) is 59.3 Å². The van der Waals surface area contributed by atoms with E-state index in [9.17, 15) is 0 Å². The van der Waals surface area contributed by atoms with Crippen molar-refractivity contribution in [1.82, 2.24) is 9.97 Å². The van der Waals surface area contributed by atoms with Crippen LogP contribution < -0.4 is 0 Å². The minimum atomic E-state index is 0. The van der Waals surface area contributed by atoms with Crippen LogP contribution >= 0.6 is 11.3 Å². The fourth-order valence-electron chi connectivity index (χ4n) is 5.20. The van der Waals surface area contributed by atoms with E-state index in [2.05, 4.69) is 127 Å². The molecule has 41 heavy (non-hydrogen) atoms. The molecule has 0 bridgehead atoms. The summed E-state index contributed by atoms with van der Waals surface area (Å²) in [6.07, 6.45) is 3.84. The molecule has 0 amide bonds. The molecule has 0 aliphatic heterocycles. The van der Waals surface area contributed by atoms with Gasteiger partial charge in [0.15, 0.2) is 0 Å². The molecule has 6 aromatic rings. The molecule has 0 aliphatic carbocycles. The van der Waals surface area contributed by atoms with Crippen LogP contribution in [0.4, 0.5) is 0 Å². The van der Waals surface area contributed by atoms with Crippen LogP contribution in [0.1, 0.15) is 57.5 Å². The normalized spacial score (nSPS) is 12.1. The fourth-order valence-corrected chi connectivity index (χ4v) is 6.17. The Labute approximate surface area is 262 Å². The molecule has 3 aromatic heterocycles. The van der Waals surface area contributed by atoms with E-state index in [0.717, 1.165) is 44.4 Å². The number of aromatic nitrogens is 2. The van der Waals surface area contributed by atoms with Gasteiger partial charge in [-0.1, -0.05) is 105 Å². The molecule has 0 N–H and O–H groups in total. The van der Waals surface area contributed by atoms with Crippen molar-refractivity contribution in [3.8, 4) is 33.6 Å². The van der Waals surface area contributed by atoms with Crippen LogP contribution in [0.5, 0.6) is 0 Å². The monoisotopic (exact) mass is 733 g/mol. The van der Waals surface area contributed by atoms with Gasteiger partial charge >= 0.3 is 21.1 Å². The van der Waals surface area contributed by atoms with Crippen molar-refractivity contribution < 1.29 is 21.1 Å². The molecule has 6 rings (SSSR count). The van der Waals surface area contributed by atoms with Gasteiger partial charge in [-0.25, -0.2) is 0 Å². The standard InChI is InChI=1S/C37H34N2S.Pt/c1-23-17-32-31(34-22-28(14-16-39-34)37(5,6)7)19-26(20-35(32)40-23)29-10-8-9-24-11-12-25(18-30(24)29)33-21-27(13-15-38-33)36(2,3)4;/h8-17,20-22H,1-7H3;/q-2;+2. The van der Waals surface area contributed by atoms with Gasteiger partial charge < -0.3 is 0 Å². The van der Waals surface area contributed by atoms with Crippen LogP contribution in [-0.2, 0) is 31.9 Å². The van der Waals surface area contributed by atoms with Crippen LogP contribution in [0.2, 0.25) is 0 Å². The van der Waals surface area contributed by atoms with E-state index in [1.54, 1.807) is 0 Å². The quantitative estimate of drug-likeness (QED) is 0.169. The molecule has 0 atom stereocenters. The summed E-state index contributed by atoms with van der Waals surface area (Å²) in [4.78, 5) is 10.8. The molecule has 0 saturated carbocycles. The van der Waals surface area contributed by atoms with E-state index >= 15 is 0 Å². The molecule has 0 saturated heterocycles. The smallest absolute Gasteiger partial charge is 0.295 e. The van der Waals surface area contributed by atoms with Gasteiger partial charge in [-0.3, -0.25) is 9.97 Å². The average Bonchev–Trinajstić information content (AvgIpc) is 3.31. The molecule has 208 valence electrons. The zero-order valence-electron chi connectivity index (χ0n) is 24.6. The number of rotatable bonds is 3. The summed E-state index contributed by atoms with van der Waals surface area (Å²) in [5, 5.41) is 3.44. The van der Waals surface area contributed by atoms with Crippen molar-refractivity contribution in [2.24, 2.45) is 0 Å². The van der Waals surface area contributed by atoms with Gasteiger partial charge in [-0.15, -0.1) is 41.3 Å². The molecule has 3 heterocycles. The Morgan fingerprint density at radius 2 is 1.34 bits per heavy atom. The Balaban J connectivity index is 0.00000337. The molecular formula is C37H34N2PtS. The molecule has 0 fully saturated rings. The average molecular weight is 734 g/mol. The number of nitrogens with zero attached hydrogens (tertiary/aromatic N) is 2. The third-order valence-electron chi connectivity index (χ3n) is 7.55. The Kier molecular flexibility index (Phi) is 7.83. The summed E-state index contributed by atoms with van der Waals surface area (Å²) in [6.45, 7) is 15.6. The maximum absolute atomic E-state index is 4.82. The van der Waals surface area contributed by atoms with Crippen molar-refractivity contribution >= 4 is 32.2 Å². The van der Waals surface area contributed by atoms with Gasteiger partial charge in [-0.05, 0) is 50.6 Å². The summed E-state index contributed by atoms with van der Waals surface area (Å²) in [7, 11) is 0. The van der Waals surface area contributed by atoms with E-state index < -0.39 is 0 Å². The summed E-state index contributed by atoms with van der Waals surface area (Å²) in [6, 6.07) is 31.5. The maximum atomic E-state index is 4.82. The molecule has 0 unspecified atom stereocenters. The van der Waals surface area contributed by atoms with Crippen molar-refractivity contribution in [2.75, 3.05) is 0 Å². The van der Waals surface area contributed by atoms with Gasteiger partial charge in [0.1, 0.15) is 0 Å². The van der Waals surface area contributed by atoms with E-state index in [4.69, 9.17) is 9.97 Å². The second kappa shape index (κ2) is 10.9. The number of benzene rings is 3. The Bertz CT molecular complexity index is 1890. The van der Waals surface area contributed by atoms with Crippen LogP contribution in [0, 0.1) is 19.1 Å². The summed E-state index contributed by atoms with van der Waals surface area (Å²) >= 11 is 1.82. The first-order chi connectivity index (χ1) is 19.0. The largest absolute Gasteiger partial charge is 2.00 e. The first-order valence-electron chi connectivity index (χ1n) is 13.8. The van der Waals surface area contributed by atoms with Crippen LogP contribution in [0.25, 0.3) is 54.5 Å². The number of hydrogen-bond donors (Lipinski definition) is 0. The SMILES string of the molecule is Cc1cc2c(-c3cc(C(C)(C)C)ccn3)[c-]c(-c3cccc4ccc(-c5cc(C(C)(C)C)ccn5)[c-]c34)cc2s1.[Pt+2]. The summed E-state index contributed by atoms with van der Waals surface area (Å²) < 4.78 is 1.25. The van der Waals surface area contributed by atoms with E-state index in [0.29, 0.717) is 0 Å². The van der Waals surface area contributed by atoms with Crippen LogP contribution in [0.3, 0.4) is 0 Å². The molecule has 0 spiro atoms. The number of hydrogen-bond acceptors (Lipinski definition) is 3. The van der Waals surface area contributed by atoms with E-state index in [-0.39, 0.29) is 31.9 Å². The maximum Gasteiger partial charge on any atom is 2.00 e. The van der Waals surface area contributed by atoms with Gasteiger partial charge in [0.05, 0.1) is 0 Å². The number of aryl methyl sites for hydroxylation is 1. The molecule has 0 radical (unpaired) electrons. The third-order valence-corrected chi connectivity index (χ3v) is 8.55. The van der Waals surface area contributed by atoms with Crippen molar-refractivity contribution in [1.29, 1.82) is 0 Å². The zero-order valence-corrected chi connectivity index (χ0v) is 27.7. The Morgan fingerprint density at radius 3 is 2.02 bits per heavy atom. The molecule has 2 nitrogen and oxygen atoms in total. The first kappa shape index (κ1) is 29.4. The van der Waals surface area contributed by atoms with Gasteiger partial charge in [0.25, 0.3) is 0 Å². The van der Waals surface area contributed by atoms with E-state index in [1.807, 2.05) is 23.7 Å².